The summed E-state index contributed by atoms with van der Waals surface area (Å²) in [5.41, 5.74) is 0.799. The average molecular weight is 290 g/mol. The van der Waals surface area contributed by atoms with Crippen LogP contribution in [0.15, 0.2) is 29.8 Å². The van der Waals surface area contributed by atoms with Gasteiger partial charge in [-0.05, 0) is 36.0 Å². The van der Waals surface area contributed by atoms with Gasteiger partial charge in [-0.15, -0.1) is 0 Å². The number of hydrogen-bond acceptors (Lipinski definition) is 4. The van der Waals surface area contributed by atoms with E-state index in [0.29, 0.717) is 5.75 Å². The van der Waals surface area contributed by atoms with E-state index in [1.807, 2.05) is 0 Å². The van der Waals surface area contributed by atoms with Crippen LogP contribution in [0.1, 0.15) is 5.56 Å². The molecule has 0 spiro atoms. The fraction of sp³-hybridized carbons (Fsp3) is 0.214. The van der Waals surface area contributed by atoms with Gasteiger partial charge in [-0.2, -0.15) is 0 Å². The van der Waals surface area contributed by atoms with E-state index in [0.717, 1.165) is 5.56 Å². The van der Waals surface area contributed by atoms with Crippen LogP contribution in [-0.4, -0.2) is 47.9 Å². The summed E-state index contributed by atoms with van der Waals surface area (Å²) >= 11 is 5.03. The second kappa shape index (κ2) is 5.42. The number of hydrogen-bond donors (Lipinski definition) is 0. The van der Waals surface area contributed by atoms with E-state index < -0.39 is 11.8 Å². The van der Waals surface area contributed by atoms with Gasteiger partial charge in [0.2, 0.25) is 0 Å². The molecule has 1 aromatic carbocycles. The highest BCUT2D eigenvalue weighted by Crippen LogP contribution is 2.20. The van der Waals surface area contributed by atoms with Gasteiger partial charge in [0.1, 0.15) is 11.3 Å². The topological polar surface area (TPSA) is 49.9 Å². The zero-order chi connectivity index (χ0) is 14.9. The molecule has 1 aliphatic rings. The van der Waals surface area contributed by atoms with E-state index >= 15 is 0 Å². The third-order valence-corrected chi connectivity index (χ3v) is 3.60. The zero-order valence-electron chi connectivity index (χ0n) is 11.4. The van der Waals surface area contributed by atoms with Crippen LogP contribution < -0.4 is 4.74 Å². The molecule has 0 aromatic heterocycles. The van der Waals surface area contributed by atoms with Crippen molar-refractivity contribution in [3.8, 4) is 5.75 Å². The van der Waals surface area contributed by atoms with Gasteiger partial charge in [0, 0.05) is 14.1 Å². The molecule has 1 aromatic rings. The first-order valence-electron chi connectivity index (χ1n) is 5.91. The first kappa shape index (κ1) is 14.2. The number of rotatable bonds is 2. The van der Waals surface area contributed by atoms with Crippen molar-refractivity contribution in [2.24, 2.45) is 0 Å². The lowest BCUT2D eigenvalue weighted by Crippen LogP contribution is -2.52. The van der Waals surface area contributed by atoms with Gasteiger partial charge in [-0.1, -0.05) is 12.1 Å². The maximum Gasteiger partial charge on any atom is 0.265 e. The number of methoxy groups -OCH3 is 1. The number of carbonyl (C=O) groups excluding carboxylic acids is 2. The first-order valence-corrected chi connectivity index (χ1v) is 6.32. The molecule has 0 atom stereocenters. The summed E-state index contributed by atoms with van der Waals surface area (Å²) in [6.45, 7) is 0. The largest absolute Gasteiger partial charge is 0.497 e. The van der Waals surface area contributed by atoms with E-state index in [1.54, 1.807) is 51.5 Å². The molecule has 20 heavy (non-hydrogen) atoms. The quantitative estimate of drug-likeness (QED) is 0.468. The molecular formula is C14H14N2O3S. The summed E-state index contributed by atoms with van der Waals surface area (Å²) in [4.78, 5) is 26.8. The van der Waals surface area contributed by atoms with Gasteiger partial charge < -0.3 is 4.74 Å². The number of benzene rings is 1. The van der Waals surface area contributed by atoms with Crippen LogP contribution >= 0.6 is 12.2 Å². The molecule has 1 fully saturated rings. The fourth-order valence-corrected chi connectivity index (χ4v) is 2.04. The molecule has 1 heterocycles. The van der Waals surface area contributed by atoms with Crippen molar-refractivity contribution in [3.05, 3.63) is 35.4 Å². The normalized spacial score (nSPS) is 15.8. The molecule has 0 bridgehead atoms. The standard InChI is InChI=1S/C14H14N2O3S/c1-15-12(17)11(13(18)16(2)14(15)20)8-9-5-4-6-10(7-9)19-3/h4-8H,1-3H3. The number of likely N-dealkylation sites (N-methyl/N-ethyl adjacent to an activating group) is 2. The number of carbonyl (C=O) groups is 2. The minimum Gasteiger partial charge on any atom is -0.497 e. The Balaban J connectivity index is 2.43. The third-order valence-electron chi connectivity index (χ3n) is 3.05. The molecule has 2 amide bonds. The number of ether oxygens (including phenoxy) is 1. The Hall–Kier alpha value is -2.21. The molecule has 1 aliphatic heterocycles. The maximum atomic E-state index is 12.1. The van der Waals surface area contributed by atoms with E-state index in [9.17, 15) is 9.59 Å². The molecule has 0 N–H and O–H groups in total. The summed E-state index contributed by atoms with van der Waals surface area (Å²) in [5, 5.41) is 0.197. The minimum absolute atomic E-state index is 0.0804. The lowest BCUT2D eigenvalue weighted by molar-refractivity contribution is -0.132. The SMILES string of the molecule is COc1cccc(C=C2C(=O)N(C)C(=S)N(C)C2=O)c1. The summed E-state index contributed by atoms with van der Waals surface area (Å²) in [6, 6.07) is 7.13. The molecule has 2 rings (SSSR count). The number of thiocarbonyl (C=S) groups is 1. The van der Waals surface area contributed by atoms with Crippen molar-refractivity contribution in [2.45, 2.75) is 0 Å². The second-order valence-corrected chi connectivity index (χ2v) is 4.71. The Morgan fingerprint density at radius 2 is 1.75 bits per heavy atom. The molecule has 5 nitrogen and oxygen atoms in total. The minimum atomic E-state index is -0.402. The van der Waals surface area contributed by atoms with Crippen LogP contribution in [0.4, 0.5) is 0 Å². The molecule has 0 saturated carbocycles. The van der Waals surface area contributed by atoms with Gasteiger partial charge in [-0.3, -0.25) is 19.4 Å². The van der Waals surface area contributed by atoms with Crippen molar-refractivity contribution < 1.29 is 14.3 Å². The highest BCUT2D eigenvalue weighted by Gasteiger charge is 2.35. The van der Waals surface area contributed by atoms with E-state index in [4.69, 9.17) is 17.0 Å². The van der Waals surface area contributed by atoms with Gasteiger partial charge in [0.25, 0.3) is 11.8 Å². The third kappa shape index (κ3) is 2.42. The summed E-state index contributed by atoms with van der Waals surface area (Å²) in [5.74, 6) is -0.144. The second-order valence-electron chi connectivity index (χ2n) is 4.35. The average Bonchev–Trinajstić information content (AvgIpc) is 2.48. The number of amides is 2. The molecule has 0 unspecified atom stereocenters. The van der Waals surface area contributed by atoms with Crippen molar-refractivity contribution >= 4 is 35.2 Å². The van der Waals surface area contributed by atoms with E-state index in [2.05, 4.69) is 0 Å². The first-order chi connectivity index (χ1) is 9.45. The molecule has 104 valence electrons. The van der Waals surface area contributed by atoms with Crippen LogP contribution in [0, 0.1) is 0 Å². The maximum absolute atomic E-state index is 12.1. The monoisotopic (exact) mass is 290 g/mol. The Kier molecular flexibility index (Phi) is 3.85. The summed E-state index contributed by atoms with van der Waals surface area (Å²) in [7, 11) is 4.66. The van der Waals surface area contributed by atoms with Crippen molar-refractivity contribution in [3.63, 3.8) is 0 Å². The molecule has 6 heteroatoms. The summed E-state index contributed by atoms with van der Waals surface area (Å²) in [6.07, 6.45) is 1.54. The van der Waals surface area contributed by atoms with Crippen molar-refractivity contribution in [1.29, 1.82) is 0 Å². The van der Waals surface area contributed by atoms with E-state index in [-0.39, 0.29) is 10.7 Å². The van der Waals surface area contributed by atoms with Gasteiger partial charge in [0.15, 0.2) is 5.11 Å². The Labute approximate surface area is 122 Å². The van der Waals surface area contributed by atoms with Crippen LogP contribution in [0.2, 0.25) is 0 Å². The van der Waals surface area contributed by atoms with Gasteiger partial charge >= 0.3 is 0 Å². The smallest absolute Gasteiger partial charge is 0.265 e. The molecular weight excluding hydrogens is 276 g/mol. The van der Waals surface area contributed by atoms with Crippen LogP contribution in [0.3, 0.4) is 0 Å². The lowest BCUT2D eigenvalue weighted by Gasteiger charge is -2.31. The molecule has 0 radical (unpaired) electrons. The van der Waals surface area contributed by atoms with Crippen molar-refractivity contribution in [1.82, 2.24) is 9.80 Å². The highest BCUT2D eigenvalue weighted by atomic mass is 32.1. The van der Waals surface area contributed by atoms with E-state index in [1.165, 1.54) is 9.80 Å². The Morgan fingerprint density at radius 1 is 1.15 bits per heavy atom. The van der Waals surface area contributed by atoms with Gasteiger partial charge in [-0.25, -0.2) is 0 Å². The molecule has 0 aliphatic carbocycles. The van der Waals surface area contributed by atoms with Crippen LogP contribution in [0.25, 0.3) is 6.08 Å². The zero-order valence-corrected chi connectivity index (χ0v) is 12.2. The Bertz CT molecular complexity index is 599. The summed E-state index contributed by atoms with van der Waals surface area (Å²) < 4.78 is 5.12. The molecule has 1 saturated heterocycles. The predicted molar refractivity (Wildman–Crippen MR) is 79.1 cm³/mol. The predicted octanol–water partition coefficient (Wildman–Crippen LogP) is 1.29. The fourth-order valence-electron chi connectivity index (χ4n) is 1.87. The lowest BCUT2D eigenvalue weighted by atomic mass is 10.1. The van der Waals surface area contributed by atoms with Crippen LogP contribution in [0.5, 0.6) is 5.75 Å². The van der Waals surface area contributed by atoms with Crippen molar-refractivity contribution in [2.75, 3.05) is 21.2 Å². The van der Waals surface area contributed by atoms with Crippen LogP contribution in [-0.2, 0) is 9.59 Å². The van der Waals surface area contributed by atoms with Gasteiger partial charge in [0.05, 0.1) is 7.11 Å². The number of nitrogens with zero attached hydrogens (tertiary/aromatic N) is 2. The highest BCUT2D eigenvalue weighted by molar-refractivity contribution is 7.80. The Morgan fingerprint density at radius 3 is 2.30 bits per heavy atom.